The van der Waals surface area contributed by atoms with E-state index < -0.39 is 0 Å². The smallest absolute Gasteiger partial charge is 0.318 e. The number of urea groups is 1. The number of aromatic amines is 1. The van der Waals surface area contributed by atoms with E-state index in [2.05, 4.69) is 35.5 Å². The fraction of sp³-hybridized carbons (Fsp3) is 0.353. The van der Waals surface area contributed by atoms with Crippen molar-refractivity contribution in [3.63, 3.8) is 0 Å². The molecule has 1 atom stereocenters. The van der Waals surface area contributed by atoms with E-state index >= 15 is 0 Å². The summed E-state index contributed by atoms with van der Waals surface area (Å²) in [6, 6.07) is 5.93. The van der Waals surface area contributed by atoms with Crippen LogP contribution >= 0.6 is 0 Å². The fourth-order valence-electron chi connectivity index (χ4n) is 3.09. The van der Waals surface area contributed by atoms with E-state index in [0.29, 0.717) is 24.6 Å². The van der Waals surface area contributed by atoms with Gasteiger partial charge in [0.25, 0.3) is 5.91 Å². The maximum absolute atomic E-state index is 12.1. The minimum atomic E-state index is -0.371. The number of carbonyl (C=O) groups is 2. The molecule has 1 saturated heterocycles. The summed E-state index contributed by atoms with van der Waals surface area (Å²) in [5.74, 6) is 0.251. The van der Waals surface area contributed by atoms with Crippen LogP contribution in [0.25, 0.3) is 11.0 Å². The minimum Gasteiger partial charge on any atom is -0.343 e. The number of aryl methyl sites for hydroxylation is 1. The Balaban J connectivity index is 1.44. The summed E-state index contributed by atoms with van der Waals surface area (Å²) in [5, 5.41) is 12.8. The van der Waals surface area contributed by atoms with Crippen molar-refractivity contribution in [3.05, 3.63) is 41.0 Å². The molecule has 10 nitrogen and oxygen atoms in total. The van der Waals surface area contributed by atoms with Crippen LogP contribution in [-0.4, -0.2) is 49.7 Å². The van der Waals surface area contributed by atoms with Crippen LogP contribution in [0.15, 0.2) is 22.8 Å². The van der Waals surface area contributed by atoms with E-state index in [9.17, 15) is 9.59 Å². The molecular weight excluding hydrogens is 350 g/mol. The molecule has 0 saturated carbocycles. The highest BCUT2D eigenvalue weighted by atomic mass is 16.6. The lowest BCUT2D eigenvalue weighted by atomic mass is 10.2. The van der Waals surface area contributed by atoms with Gasteiger partial charge in [0.05, 0.1) is 17.6 Å². The Morgan fingerprint density at radius 3 is 2.96 bits per heavy atom. The summed E-state index contributed by atoms with van der Waals surface area (Å²) in [6.45, 7) is 5.08. The number of amides is 3. The van der Waals surface area contributed by atoms with Crippen LogP contribution in [0.2, 0.25) is 0 Å². The lowest BCUT2D eigenvalue weighted by molar-refractivity contribution is 0.0939. The van der Waals surface area contributed by atoms with Crippen LogP contribution in [0.4, 0.5) is 4.79 Å². The molecule has 3 N–H and O–H groups in total. The lowest BCUT2D eigenvalue weighted by Crippen LogP contribution is -2.27. The molecule has 27 heavy (non-hydrogen) atoms. The number of aromatic nitrogens is 4. The van der Waals surface area contributed by atoms with Crippen LogP contribution in [0, 0.1) is 6.92 Å². The topological polar surface area (TPSA) is 129 Å². The third kappa shape index (κ3) is 3.46. The summed E-state index contributed by atoms with van der Waals surface area (Å²) in [5.41, 5.74) is 3.24. The predicted molar refractivity (Wildman–Crippen MR) is 94.7 cm³/mol. The maximum atomic E-state index is 12.1. The van der Waals surface area contributed by atoms with Crippen LogP contribution in [-0.2, 0) is 13.1 Å². The summed E-state index contributed by atoms with van der Waals surface area (Å²) >= 11 is 0. The third-order valence-corrected chi connectivity index (χ3v) is 4.40. The average Bonchev–Trinajstić information content (AvgIpc) is 3.31. The van der Waals surface area contributed by atoms with Gasteiger partial charge in [-0.25, -0.2) is 14.4 Å². The van der Waals surface area contributed by atoms with Crippen LogP contribution in [0.3, 0.4) is 0 Å². The van der Waals surface area contributed by atoms with Gasteiger partial charge in [-0.05, 0) is 36.7 Å². The van der Waals surface area contributed by atoms with E-state index in [-0.39, 0.29) is 30.2 Å². The van der Waals surface area contributed by atoms with Crippen molar-refractivity contribution in [1.82, 2.24) is 35.8 Å². The van der Waals surface area contributed by atoms with Crippen molar-refractivity contribution >= 4 is 23.0 Å². The molecule has 10 heteroatoms. The first-order chi connectivity index (χ1) is 13.0. The number of rotatable bonds is 5. The van der Waals surface area contributed by atoms with Crippen molar-refractivity contribution in [2.75, 3.05) is 6.54 Å². The van der Waals surface area contributed by atoms with Crippen molar-refractivity contribution in [1.29, 1.82) is 0 Å². The van der Waals surface area contributed by atoms with Crippen LogP contribution < -0.4 is 10.6 Å². The number of imidazole rings is 1. The average molecular weight is 369 g/mol. The van der Waals surface area contributed by atoms with Gasteiger partial charge in [-0.15, -0.1) is 0 Å². The molecule has 1 aromatic carbocycles. The molecule has 4 rings (SSSR count). The van der Waals surface area contributed by atoms with E-state index in [1.807, 2.05) is 25.1 Å². The van der Waals surface area contributed by atoms with Gasteiger partial charge in [-0.2, -0.15) is 0 Å². The highest BCUT2D eigenvalue weighted by molar-refractivity contribution is 5.92. The standard InChI is InChI=1S/C17H19N7O3/c1-9-7-24(17(26)19-9)8-11-3-4-12-13(5-11)21-14(20-12)6-18-16(25)15-10(2)22-27-23-15/h3-5,9H,6-8H2,1-2H3,(H,18,25)(H,19,26)(H,20,21). The molecule has 3 amide bonds. The number of fused-ring (bicyclic) bond motifs is 1. The normalized spacial score (nSPS) is 16.7. The molecule has 0 bridgehead atoms. The number of carbonyl (C=O) groups excluding carboxylic acids is 2. The second-order valence-electron chi connectivity index (χ2n) is 6.65. The SMILES string of the molecule is Cc1nonc1C(=O)NCc1nc2ccc(CN3CC(C)NC3=O)cc2[nH]1. The molecule has 2 aromatic heterocycles. The Labute approximate surface area is 154 Å². The van der Waals surface area contributed by atoms with Crippen molar-refractivity contribution in [2.45, 2.75) is 33.0 Å². The molecule has 1 unspecified atom stereocenters. The molecular formula is C17H19N7O3. The van der Waals surface area contributed by atoms with Gasteiger partial charge in [-0.1, -0.05) is 11.2 Å². The second kappa shape index (κ2) is 6.71. The molecule has 1 aliphatic heterocycles. The monoisotopic (exact) mass is 369 g/mol. The molecule has 0 radical (unpaired) electrons. The summed E-state index contributed by atoms with van der Waals surface area (Å²) < 4.78 is 4.53. The first kappa shape index (κ1) is 17.0. The lowest BCUT2D eigenvalue weighted by Gasteiger charge is -2.14. The molecule has 140 valence electrons. The predicted octanol–water partition coefficient (Wildman–Crippen LogP) is 1.10. The Kier molecular flexibility index (Phi) is 4.22. The van der Waals surface area contributed by atoms with Gasteiger partial charge in [0.1, 0.15) is 11.5 Å². The first-order valence-corrected chi connectivity index (χ1v) is 8.60. The van der Waals surface area contributed by atoms with Gasteiger partial charge >= 0.3 is 6.03 Å². The Bertz CT molecular complexity index is 1010. The van der Waals surface area contributed by atoms with E-state index in [4.69, 9.17) is 0 Å². The largest absolute Gasteiger partial charge is 0.343 e. The minimum absolute atomic E-state index is 0.0479. The summed E-state index contributed by atoms with van der Waals surface area (Å²) in [6.07, 6.45) is 0. The number of H-pyrrole nitrogens is 1. The zero-order valence-corrected chi connectivity index (χ0v) is 14.9. The molecule has 1 fully saturated rings. The maximum Gasteiger partial charge on any atom is 0.318 e. The molecule has 0 spiro atoms. The van der Waals surface area contributed by atoms with E-state index in [1.54, 1.807) is 11.8 Å². The Morgan fingerprint density at radius 2 is 2.26 bits per heavy atom. The zero-order chi connectivity index (χ0) is 19.0. The quantitative estimate of drug-likeness (QED) is 0.618. The number of nitrogens with one attached hydrogen (secondary N) is 3. The van der Waals surface area contributed by atoms with Gasteiger partial charge in [0.2, 0.25) is 0 Å². The van der Waals surface area contributed by atoms with Crippen molar-refractivity contribution < 1.29 is 14.2 Å². The number of benzene rings is 1. The van der Waals surface area contributed by atoms with Crippen molar-refractivity contribution in [2.24, 2.45) is 0 Å². The fourth-order valence-corrected chi connectivity index (χ4v) is 3.09. The van der Waals surface area contributed by atoms with Gasteiger partial charge < -0.3 is 20.5 Å². The third-order valence-electron chi connectivity index (χ3n) is 4.40. The summed E-state index contributed by atoms with van der Waals surface area (Å²) in [4.78, 5) is 33.4. The highest BCUT2D eigenvalue weighted by Crippen LogP contribution is 2.17. The van der Waals surface area contributed by atoms with E-state index in [0.717, 1.165) is 16.6 Å². The van der Waals surface area contributed by atoms with Crippen molar-refractivity contribution in [3.8, 4) is 0 Å². The first-order valence-electron chi connectivity index (χ1n) is 8.60. The molecule has 3 heterocycles. The molecule has 3 aromatic rings. The van der Waals surface area contributed by atoms with Crippen LogP contribution in [0.1, 0.15) is 34.5 Å². The molecule has 0 aliphatic carbocycles. The number of hydrogen-bond donors (Lipinski definition) is 3. The zero-order valence-electron chi connectivity index (χ0n) is 14.9. The Hall–Kier alpha value is -3.43. The van der Waals surface area contributed by atoms with Gasteiger partial charge in [0, 0.05) is 19.1 Å². The van der Waals surface area contributed by atoms with Crippen LogP contribution in [0.5, 0.6) is 0 Å². The van der Waals surface area contributed by atoms with Gasteiger partial charge in [0.15, 0.2) is 5.69 Å². The van der Waals surface area contributed by atoms with Gasteiger partial charge in [-0.3, -0.25) is 4.79 Å². The second-order valence-corrected chi connectivity index (χ2v) is 6.65. The van der Waals surface area contributed by atoms with E-state index in [1.165, 1.54) is 0 Å². The highest BCUT2D eigenvalue weighted by Gasteiger charge is 2.25. The number of nitrogens with zero attached hydrogens (tertiary/aromatic N) is 4. The summed E-state index contributed by atoms with van der Waals surface area (Å²) in [7, 11) is 0. The molecule has 1 aliphatic rings. The number of hydrogen-bond acceptors (Lipinski definition) is 6. The Morgan fingerprint density at radius 1 is 1.41 bits per heavy atom.